The van der Waals surface area contributed by atoms with E-state index in [0.717, 1.165) is 5.56 Å². The van der Waals surface area contributed by atoms with Gasteiger partial charge in [-0.3, -0.25) is 15.1 Å². The van der Waals surface area contributed by atoms with Gasteiger partial charge in [0, 0.05) is 18.9 Å². The number of imide groups is 1. The summed E-state index contributed by atoms with van der Waals surface area (Å²) in [5.41, 5.74) is 0.920. The van der Waals surface area contributed by atoms with Gasteiger partial charge in [0.1, 0.15) is 0 Å². The van der Waals surface area contributed by atoms with E-state index in [2.05, 4.69) is 15.6 Å². The summed E-state index contributed by atoms with van der Waals surface area (Å²) in [5, 5.41) is 6.64. The molecule has 0 fully saturated rings. The molecule has 2 heterocycles. The zero-order valence-electron chi connectivity index (χ0n) is 9.42. The lowest BCUT2D eigenvalue weighted by Gasteiger charge is -2.05. The molecule has 2 aromatic heterocycles. The average Bonchev–Trinajstić information content (AvgIpc) is 2.91. The maximum absolute atomic E-state index is 11.6. The van der Waals surface area contributed by atoms with E-state index in [-0.39, 0.29) is 0 Å². The monoisotopic (exact) mass is 261 g/mol. The Hall–Kier alpha value is -2.21. The predicted octanol–water partition coefficient (Wildman–Crippen LogP) is 1.78. The summed E-state index contributed by atoms with van der Waals surface area (Å²) in [5.74, 6) is -0.391. The van der Waals surface area contributed by atoms with Crippen LogP contribution in [0.4, 0.5) is 4.79 Å². The minimum atomic E-state index is -0.509. The number of urea groups is 1. The number of nitrogens with one attached hydrogen (secondary N) is 2. The van der Waals surface area contributed by atoms with Gasteiger partial charge in [-0.25, -0.2) is 4.79 Å². The van der Waals surface area contributed by atoms with E-state index in [9.17, 15) is 9.59 Å². The van der Waals surface area contributed by atoms with Gasteiger partial charge in [-0.05, 0) is 29.1 Å². The molecule has 3 amide bonds. The molecule has 2 rings (SSSR count). The number of amides is 3. The topological polar surface area (TPSA) is 71.1 Å². The summed E-state index contributed by atoms with van der Waals surface area (Å²) in [6.45, 7) is 0.353. The number of carbonyl (C=O) groups is 2. The Kier molecular flexibility index (Phi) is 4.03. The van der Waals surface area contributed by atoms with Crippen LogP contribution in [0.1, 0.15) is 15.2 Å². The Morgan fingerprint density at radius 3 is 2.67 bits per heavy atom. The second-order valence-corrected chi connectivity index (χ2v) is 4.42. The first-order chi connectivity index (χ1) is 8.75. The molecule has 0 saturated carbocycles. The molecule has 92 valence electrons. The fraction of sp³-hybridized carbons (Fsp3) is 0.0833. The summed E-state index contributed by atoms with van der Waals surface area (Å²) in [4.78, 5) is 27.4. The SMILES string of the molecule is O=C(NCc1ccncc1)NC(=O)c1cccs1. The standard InChI is InChI=1S/C12H11N3O2S/c16-11(10-2-1-7-18-10)15-12(17)14-8-9-3-5-13-6-4-9/h1-7H,8H2,(H2,14,15,16,17). The Bertz CT molecular complexity index is 526. The summed E-state index contributed by atoms with van der Waals surface area (Å²) in [6.07, 6.45) is 3.29. The van der Waals surface area contributed by atoms with Crippen molar-refractivity contribution in [2.45, 2.75) is 6.54 Å². The molecule has 0 bridgehead atoms. The maximum Gasteiger partial charge on any atom is 0.322 e. The van der Waals surface area contributed by atoms with Crippen molar-refractivity contribution in [3.05, 3.63) is 52.5 Å². The molecule has 0 aliphatic carbocycles. The van der Waals surface area contributed by atoms with Crippen molar-refractivity contribution >= 4 is 23.3 Å². The molecule has 6 heteroatoms. The van der Waals surface area contributed by atoms with E-state index in [1.54, 1.807) is 42.0 Å². The van der Waals surface area contributed by atoms with Crippen LogP contribution in [-0.2, 0) is 6.54 Å². The molecule has 2 aromatic rings. The maximum atomic E-state index is 11.6. The predicted molar refractivity (Wildman–Crippen MR) is 68.3 cm³/mol. The Morgan fingerprint density at radius 1 is 1.22 bits per heavy atom. The van der Waals surface area contributed by atoms with Crippen molar-refractivity contribution in [2.75, 3.05) is 0 Å². The fourth-order valence-electron chi connectivity index (χ4n) is 1.30. The largest absolute Gasteiger partial charge is 0.334 e. The summed E-state index contributed by atoms with van der Waals surface area (Å²) >= 11 is 1.29. The highest BCUT2D eigenvalue weighted by atomic mass is 32.1. The van der Waals surface area contributed by atoms with Crippen molar-refractivity contribution < 1.29 is 9.59 Å². The molecule has 0 aliphatic rings. The van der Waals surface area contributed by atoms with E-state index in [0.29, 0.717) is 11.4 Å². The van der Waals surface area contributed by atoms with Crippen LogP contribution < -0.4 is 10.6 Å². The third kappa shape index (κ3) is 3.39. The van der Waals surface area contributed by atoms with E-state index >= 15 is 0 Å². The third-order valence-corrected chi connectivity index (χ3v) is 3.04. The van der Waals surface area contributed by atoms with Crippen LogP contribution in [0.3, 0.4) is 0 Å². The van der Waals surface area contributed by atoms with Crippen LogP contribution in [-0.4, -0.2) is 16.9 Å². The molecule has 0 atom stereocenters. The number of hydrogen-bond acceptors (Lipinski definition) is 4. The molecule has 0 aliphatic heterocycles. The number of hydrogen-bond donors (Lipinski definition) is 2. The van der Waals surface area contributed by atoms with Crippen molar-refractivity contribution in [1.82, 2.24) is 15.6 Å². The molecule has 0 spiro atoms. The normalized spacial score (nSPS) is 9.78. The zero-order chi connectivity index (χ0) is 12.8. The highest BCUT2D eigenvalue weighted by Gasteiger charge is 2.10. The molecule has 0 radical (unpaired) electrons. The quantitative estimate of drug-likeness (QED) is 0.884. The summed E-state index contributed by atoms with van der Waals surface area (Å²) in [7, 11) is 0. The second-order valence-electron chi connectivity index (χ2n) is 3.47. The fourth-order valence-corrected chi connectivity index (χ4v) is 1.92. The van der Waals surface area contributed by atoms with Gasteiger partial charge in [0.25, 0.3) is 5.91 Å². The summed E-state index contributed by atoms with van der Waals surface area (Å²) in [6, 6.07) is 6.50. The van der Waals surface area contributed by atoms with Gasteiger partial charge < -0.3 is 5.32 Å². The molecule has 2 N–H and O–H groups in total. The molecule has 0 unspecified atom stereocenters. The first-order valence-electron chi connectivity index (χ1n) is 5.27. The van der Waals surface area contributed by atoms with Crippen LogP contribution in [0, 0.1) is 0 Å². The minimum absolute atomic E-state index is 0.353. The van der Waals surface area contributed by atoms with Gasteiger partial charge in [-0.1, -0.05) is 6.07 Å². The average molecular weight is 261 g/mol. The number of aromatic nitrogens is 1. The number of thiophene rings is 1. The lowest BCUT2D eigenvalue weighted by atomic mass is 10.3. The van der Waals surface area contributed by atoms with Crippen molar-refractivity contribution in [3.63, 3.8) is 0 Å². The highest BCUT2D eigenvalue weighted by molar-refractivity contribution is 7.12. The number of nitrogens with zero attached hydrogens (tertiary/aromatic N) is 1. The lowest BCUT2D eigenvalue weighted by molar-refractivity contribution is 0.0968. The number of rotatable bonds is 3. The van der Waals surface area contributed by atoms with Gasteiger partial charge in [-0.15, -0.1) is 11.3 Å². The Labute approximate surface area is 108 Å². The van der Waals surface area contributed by atoms with Gasteiger partial charge in [0.05, 0.1) is 4.88 Å². The first-order valence-corrected chi connectivity index (χ1v) is 6.15. The number of carbonyl (C=O) groups excluding carboxylic acids is 2. The Morgan fingerprint density at radius 2 is 2.00 bits per heavy atom. The van der Waals surface area contributed by atoms with Gasteiger partial charge in [0.15, 0.2) is 0 Å². The van der Waals surface area contributed by atoms with Crippen LogP contribution >= 0.6 is 11.3 Å². The molecule has 18 heavy (non-hydrogen) atoms. The molecule has 0 aromatic carbocycles. The van der Waals surface area contributed by atoms with E-state index < -0.39 is 11.9 Å². The zero-order valence-corrected chi connectivity index (χ0v) is 10.2. The van der Waals surface area contributed by atoms with Crippen LogP contribution in [0.5, 0.6) is 0 Å². The molecular weight excluding hydrogens is 250 g/mol. The smallest absolute Gasteiger partial charge is 0.322 e. The van der Waals surface area contributed by atoms with Gasteiger partial charge in [-0.2, -0.15) is 0 Å². The second kappa shape index (κ2) is 5.92. The van der Waals surface area contributed by atoms with Gasteiger partial charge >= 0.3 is 6.03 Å². The van der Waals surface area contributed by atoms with Crippen molar-refractivity contribution in [3.8, 4) is 0 Å². The molecule has 0 saturated heterocycles. The van der Waals surface area contributed by atoms with E-state index in [1.165, 1.54) is 11.3 Å². The minimum Gasteiger partial charge on any atom is -0.334 e. The van der Waals surface area contributed by atoms with E-state index in [4.69, 9.17) is 0 Å². The van der Waals surface area contributed by atoms with Crippen LogP contribution in [0.2, 0.25) is 0 Å². The van der Waals surface area contributed by atoms with Crippen molar-refractivity contribution in [1.29, 1.82) is 0 Å². The Balaban J connectivity index is 1.81. The van der Waals surface area contributed by atoms with Crippen molar-refractivity contribution in [2.24, 2.45) is 0 Å². The summed E-state index contributed by atoms with van der Waals surface area (Å²) < 4.78 is 0. The number of pyridine rings is 1. The molecular formula is C12H11N3O2S. The highest BCUT2D eigenvalue weighted by Crippen LogP contribution is 2.07. The van der Waals surface area contributed by atoms with Gasteiger partial charge in [0.2, 0.25) is 0 Å². The van der Waals surface area contributed by atoms with Crippen LogP contribution in [0.15, 0.2) is 42.0 Å². The third-order valence-electron chi connectivity index (χ3n) is 2.17. The lowest BCUT2D eigenvalue weighted by Crippen LogP contribution is -2.38. The first kappa shape index (κ1) is 12.3. The molecule has 5 nitrogen and oxygen atoms in total. The van der Waals surface area contributed by atoms with Crippen LogP contribution in [0.25, 0.3) is 0 Å². The van der Waals surface area contributed by atoms with E-state index in [1.807, 2.05) is 0 Å².